The lowest BCUT2D eigenvalue weighted by Crippen LogP contribution is -2.36. The maximum Gasteiger partial charge on any atom is 0.238 e. The summed E-state index contributed by atoms with van der Waals surface area (Å²) < 4.78 is 5.26. The predicted octanol–water partition coefficient (Wildman–Crippen LogP) is 4.45. The van der Waals surface area contributed by atoms with Crippen molar-refractivity contribution in [2.75, 3.05) is 25.5 Å². The largest absolute Gasteiger partial charge is 0.497 e. The number of methoxy groups -OCH3 is 1. The highest BCUT2D eigenvalue weighted by molar-refractivity contribution is 5.96. The molecule has 28 heavy (non-hydrogen) atoms. The standard InChI is InChI=1S/C23H28N2O3/c1-17(26)18-7-11-20(12-8-18)24-23(27)16-25-15-5-3-4-6-22(25)19-9-13-21(28-2)14-10-19/h7-14,22H,3-6,15-16H2,1-2H3,(H,24,27)/t22-/m0/s1. The van der Waals surface area contributed by atoms with E-state index in [4.69, 9.17) is 4.74 Å². The molecular formula is C23H28N2O3. The van der Waals surface area contributed by atoms with Crippen molar-refractivity contribution in [2.24, 2.45) is 0 Å². The number of rotatable bonds is 6. The molecule has 2 aromatic rings. The van der Waals surface area contributed by atoms with Crippen molar-refractivity contribution in [3.8, 4) is 5.75 Å². The summed E-state index contributed by atoms with van der Waals surface area (Å²) in [6, 6.07) is 15.4. The first-order chi connectivity index (χ1) is 13.6. The van der Waals surface area contributed by atoms with Gasteiger partial charge in [0.15, 0.2) is 5.78 Å². The lowest BCUT2D eigenvalue weighted by molar-refractivity contribution is -0.117. The Balaban J connectivity index is 1.67. The Hall–Kier alpha value is -2.66. The molecule has 1 fully saturated rings. The zero-order valence-corrected chi connectivity index (χ0v) is 16.6. The van der Waals surface area contributed by atoms with Gasteiger partial charge in [0.25, 0.3) is 0 Å². The maximum atomic E-state index is 12.6. The molecule has 1 aliphatic rings. The molecule has 0 bridgehead atoms. The quantitative estimate of drug-likeness (QED) is 0.752. The molecule has 1 atom stereocenters. The molecule has 2 aromatic carbocycles. The van der Waals surface area contributed by atoms with Crippen LogP contribution in [-0.4, -0.2) is 36.8 Å². The number of ketones is 1. The molecule has 148 valence electrons. The van der Waals surface area contributed by atoms with Gasteiger partial charge < -0.3 is 10.1 Å². The van der Waals surface area contributed by atoms with Crippen LogP contribution in [0.3, 0.4) is 0 Å². The molecule has 1 aliphatic heterocycles. The smallest absolute Gasteiger partial charge is 0.238 e. The van der Waals surface area contributed by atoms with E-state index in [-0.39, 0.29) is 17.7 Å². The van der Waals surface area contributed by atoms with Crippen LogP contribution in [0.25, 0.3) is 0 Å². The Labute approximate surface area is 166 Å². The highest BCUT2D eigenvalue weighted by atomic mass is 16.5. The molecular weight excluding hydrogens is 352 g/mol. The monoisotopic (exact) mass is 380 g/mol. The second-order valence-corrected chi connectivity index (χ2v) is 7.29. The van der Waals surface area contributed by atoms with E-state index in [2.05, 4.69) is 22.3 Å². The van der Waals surface area contributed by atoms with Gasteiger partial charge in [0, 0.05) is 17.3 Å². The first-order valence-electron chi connectivity index (χ1n) is 9.85. The second kappa shape index (κ2) is 9.51. The van der Waals surface area contributed by atoms with Crippen LogP contribution in [0.1, 0.15) is 54.6 Å². The van der Waals surface area contributed by atoms with Gasteiger partial charge in [-0.1, -0.05) is 25.0 Å². The average Bonchev–Trinajstić information content (AvgIpc) is 2.94. The number of carbonyl (C=O) groups is 2. The number of anilines is 1. The van der Waals surface area contributed by atoms with Gasteiger partial charge in [0.2, 0.25) is 5.91 Å². The highest BCUT2D eigenvalue weighted by Gasteiger charge is 2.24. The number of carbonyl (C=O) groups excluding carboxylic acids is 2. The summed E-state index contributed by atoms with van der Waals surface area (Å²) >= 11 is 0. The van der Waals surface area contributed by atoms with E-state index in [1.54, 1.807) is 31.4 Å². The summed E-state index contributed by atoms with van der Waals surface area (Å²) in [5.41, 5.74) is 2.58. The Morgan fingerprint density at radius 1 is 1.04 bits per heavy atom. The van der Waals surface area contributed by atoms with Crippen LogP contribution in [0.15, 0.2) is 48.5 Å². The van der Waals surface area contributed by atoms with Crippen molar-refractivity contribution in [2.45, 2.75) is 38.6 Å². The van der Waals surface area contributed by atoms with Crippen LogP contribution in [-0.2, 0) is 4.79 Å². The minimum Gasteiger partial charge on any atom is -0.497 e. The van der Waals surface area contributed by atoms with Crippen LogP contribution in [0.4, 0.5) is 5.69 Å². The molecule has 0 saturated carbocycles. The van der Waals surface area contributed by atoms with Crippen LogP contribution in [0.2, 0.25) is 0 Å². The van der Waals surface area contributed by atoms with E-state index in [0.29, 0.717) is 17.8 Å². The fraction of sp³-hybridized carbons (Fsp3) is 0.391. The van der Waals surface area contributed by atoms with Crippen LogP contribution in [0.5, 0.6) is 5.75 Å². The van der Waals surface area contributed by atoms with E-state index in [0.717, 1.165) is 25.1 Å². The molecule has 0 radical (unpaired) electrons. The Kier molecular flexibility index (Phi) is 6.82. The van der Waals surface area contributed by atoms with Crippen molar-refractivity contribution < 1.29 is 14.3 Å². The number of Topliss-reactive ketones (excluding diaryl/α,β-unsaturated/α-hetero) is 1. The normalized spacial score (nSPS) is 17.6. The van der Waals surface area contributed by atoms with E-state index in [1.807, 2.05) is 12.1 Å². The lowest BCUT2D eigenvalue weighted by Gasteiger charge is -2.29. The van der Waals surface area contributed by atoms with Crippen molar-refractivity contribution in [1.29, 1.82) is 0 Å². The number of nitrogens with zero attached hydrogens (tertiary/aromatic N) is 1. The third-order valence-corrected chi connectivity index (χ3v) is 5.29. The van der Waals surface area contributed by atoms with Gasteiger partial charge in [-0.3, -0.25) is 14.5 Å². The molecule has 3 rings (SSSR count). The summed E-state index contributed by atoms with van der Waals surface area (Å²) in [6.45, 7) is 2.80. The number of amides is 1. The zero-order valence-electron chi connectivity index (χ0n) is 16.6. The predicted molar refractivity (Wildman–Crippen MR) is 111 cm³/mol. The van der Waals surface area contributed by atoms with Crippen LogP contribution in [0, 0.1) is 0 Å². The van der Waals surface area contributed by atoms with Gasteiger partial charge in [-0.2, -0.15) is 0 Å². The number of hydrogen-bond acceptors (Lipinski definition) is 4. The molecule has 1 N–H and O–H groups in total. The Bertz CT molecular complexity index is 800. The first-order valence-corrected chi connectivity index (χ1v) is 9.85. The molecule has 1 amide bonds. The summed E-state index contributed by atoms with van der Waals surface area (Å²) in [7, 11) is 1.67. The minimum atomic E-state index is -0.0315. The van der Waals surface area contributed by atoms with Crippen LogP contribution >= 0.6 is 0 Å². The summed E-state index contributed by atoms with van der Waals surface area (Å²) in [5, 5.41) is 2.95. The van der Waals surface area contributed by atoms with Gasteiger partial charge in [0.05, 0.1) is 13.7 Å². The minimum absolute atomic E-state index is 0.0183. The molecule has 5 heteroatoms. The number of likely N-dealkylation sites (tertiary alicyclic amines) is 1. The van der Waals surface area contributed by atoms with Crippen molar-refractivity contribution in [1.82, 2.24) is 4.90 Å². The number of nitrogens with one attached hydrogen (secondary N) is 1. The van der Waals surface area contributed by atoms with Gasteiger partial charge in [-0.05, 0) is 68.3 Å². The number of benzene rings is 2. The summed E-state index contributed by atoms with van der Waals surface area (Å²) in [4.78, 5) is 26.3. The van der Waals surface area contributed by atoms with Gasteiger partial charge in [-0.25, -0.2) is 0 Å². The van der Waals surface area contributed by atoms with Crippen molar-refractivity contribution >= 4 is 17.4 Å². The molecule has 0 aromatic heterocycles. The van der Waals surface area contributed by atoms with E-state index in [1.165, 1.54) is 25.3 Å². The maximum absolute atomic E-state index is 12.6. The van der Waals surface area contributed by atoms with Gasteiger partial charge in [-0.15, -0.1) is 0 Å². The van der Waals surface area contributed by atoms with Crippen molar-refractivity contribution in [3.63, 3.8) is 0 Å². The number of ether oxygens (including phenoxy) is 1. The molecule has 1 heterocycles. The third-order valence-electron chi connectivity index (χ3n) is 5.29. The fourth-order valence-electron chi connectivity index (χ4n) is 3.73. The zero-order chi connectivity index (χ0) is 19.9. The topological polar surface area (TPSA) is 58.6 Å². The van der Waals surface area contributed by atoms with E-state index >= 15 is 0 Å². The molecule has 0 spiro atoms. The van der Waals surface area contributed by atoms with Crippen LogP contribution < -0.4 is 10.1 Å². The van der Waals surface area contributed by atoms with E-state index in [9.17, 15) is 9.59 Å². The fourth-order valence-corrected chi connectivity index (χ4v) is 3.73. The molecule has 0 unspecified atom stereocenters. The van der Waals surface area contributed by atoms with Gasteiger partial charge >= 0.3 is 0 Å². The lowest BCUT2D eigenvalue weighted by atomic mass is 10.0. The highest BCUT2D eigenvalue weighted by Crippen LogP contribution is 2.31. The second-order valence-electron chi connectivity index (χ2n) is 7.29. The third kappa shape index (κ3) is 5.20. The Morgan fingerprint density at radius 2 is 1.75 bits per heavy atom. The SMILES string of the molecule is COc1ccc([C@@H]2CCCCCN2CC(=O)Nc2ccc(C(C)=O)cc2)cc1. The first kappa shape index (κ1) is 20.1. The molecule has 0 aliphatic carbocycles. The average molecular weight is 380 g/mol. The van der Waals surface area contributed by atoms with Crippen molar-refractivity contribution in [3.05, 3.63) is 59.7 Å². The Morgan fingerprint density at radius 3 is 2.39 bits per heavy atom. The number of hydrogen-bond donors (Lipinski definition) is 1. The summed E-state index contributed by atoms with van der Waals surface area (Å²) in [6.07, 6.45) is 4.51. The van der Waals surface area contributed by atoms with E-state index < -0.39 is 0 Å². The molecule has 5 nitrogen and oxygen atoms in total. The van der Waals surface area contributed by atoms with Gasteiger partial charge in [0.1, 0.15) is 5.75 Å². The molecule has 1 saturated heterocycles. The summed E-state index contributed by atoms with van der Waals surface area (Å²) in [5.74, 6) is 0.830.